The van der Waals surface area contributed by atoms with E-state index in [0.29, 0.717) is 38.0 Å². The molecule has 1 unspecified atom stereocenters. The summed E-state index contributed by atoms with van der Waals surface area (Å²) in [5.74, 6) is 5.78. The molecule has 0 bridgehead atoms. The van der Waals surface area contributed by atoms with Crippen LogP contribution in [0.1, 0.15) is 72.6 Å². The first kappa shape index (κ1) is 35.8. The average Bonchev–Trinajstić information content (AvgIpc) is 3.25. The maximum absolute atomic E-state index is 13.1. The molecule has 0 aliphatic carbocycles. The summed E-state index contributed by atoms with van der Waals surface area (Å²) in [4.78, 5) is 13.1. The van der Waals surface area contributed by atoms with E-state index in [2.05, 4.69) is 37.5 Å². The monoisotopic (exact) mass is 624 g/mol. The molecule has 1 aliphatic rings. The zero-order chi connectivity index (χ0) is 32.5. The number of carbonyl (C=O) groups excluding carboxylic acids is 1. The third kappa shape index (κ3) is 11.4. The summed E-state index contributed by atoms with van der Waals surface area (Å²) in [6, 6.07) is 12.8. The molecule has 0 spiro atoms. The Bertz CT molecular complexity index is 1290. The van der Waals surface area contributed by atoms with Gasteiger partial charge in [-0.25, -0.2) is 4.79 Å². The first-order valence-corrected chi connectivity index (χ1v) is 19.4. The molecule has 0 amide bonds. The van der Waals surface area contributed by atoms with Gasteiger partial charge in [-0.2, -0.15) is 0 Å². The van der Waals surface area contributed by atoms with Crippen molar-refractivity contribution in [3.8, 4) is 17.6 Å². The Balaban J connectivity index is 1.56. The van der Waals surface area contributed by atoms with Crippen LogP contribution in [0.4, 0.5) is 0 Å². The molecule has 44 heavy (non-hydrogen) atoms. The summed E-state index contributed by atoms with van der Waals surface area (Å²) < 4.78 is 29.1. The molecule has 1 fully saturated rings. The molecule has 2 aromatic carbocycles. The van der Waals surface area contributed by atoms with E-state index in [1.54, 1.807) is 7.11 Å². The van der Waals surface area contributed by atoms with Gasteiger partial charge in [0.25, 0.3) is 0 Å². The van der Waals surface area contributed by atoms with E-state index >= 15 is 0 Å². The van der Waals surface area contributed by atoms with E-state index in [9.17, 15) is 9.90 Å². The standard InChI is InChI=1S/C36H52O7Si/c1-25-22-26(2)33(35(38)40-20-21-44(7,8)9)29(23-25)13-11-15-32-34(43-36(4,5)42-32)31(37)14-10-12-27(3)41-24-28-16-18-30(39-6)19-17-28/h16-19,22-23,27,31-32,34,37H,11-13,15,20-21,24H2,1-9H3/t27-,31?,32+,34-/m1/s1. The molecule has 1 saturated heterocycles. The largest absolute Gasteiger partial charge is 0.497 e. The maximum atomic E-state index is 13.1. The highest BCUT2D eigenvalue weighted by atomic mass is 28.3. The van der Waals surface area contributed by atoms with Gasteiger partial charge in [0.1, 0.15) is 18.0 Å². The number of carbonyl (C=O) groups is 1. The second-order valence-corrected chi connectivity index (χ2v) is 19.2. The number of aryl methyl sites for hydroxylation is 3. The molecular formula is C36H52O7Si. The Morgan fingerprint density at radius 3 is 2.48 bits per heavy atom. The molecule has 0 saturated carbocycles. The van der Waals surface area contributed by atoms with E-state index in [1.807, 2.05) is 65.0 Å². The number of aliphatic hydroxyl groups excluding tert-OH is 1. The van der Waals surface area contributed by atoms with Gasteiger partial charge in [-0.1, -0.05) is 61.3 Å². The zero-order valence-corrected chi connectivity index (χ0v) is 29.1. The Morgan fingerprint density at radius 1 is 1.11 bits per heavy atom. The van der Waals surface area contributed by atoms with Gasteiger partial charge in [-0.15, -0.1) is 0 Å². The minimum absolute atomic E-state index is 0.0982. The van der Waals surface area contributed by atoms with Crippen molar-refractivity contribution in [2.24, 2.45) is 0 Å². The second-order valence-electron chi connectivity index (χ2n) is 13.5. The van der Waals surface area contributed by atoms with Crippen molar-refractivity contribution in [3.63, 3.8) is 0 Å². The maximum Gasteiger partial charge on any atom is 0.338 e. The van der Waals surface area contributed by atoms with E-state index < -0.39 is 26.1 Å². The average molecular weight is 625 g/mol. The molecule has 0 radical (unpaired) electrons. The Labute approximate surface area is 265 Å². The van der Waals surface area contributed by atoms with Gasteiger partial charge in [0, 0.05) is 14.5 Å². The third-order valence-electron chi connectivity index (χ3n) is 7.65. The SMILES string of the molecule is COc1ccc(CO[C@H](C)CC#CC(O)[C@H]2OC(C)(C)O[C@H]2CCCc2cc(C)cc(C)c2C(=O)OCC[Si](C)(C)C)cc1. The molecule has 242 valence electrons. The van der Waals surface area contributed by atoms with Crippen molar-refractivity contribution < 1.29 is 33.6 Å². The van der Waals surface area contributed by atoms with E-state index in [0.717, 1.165) is 40.5 Å². The van der Waals surface area contributed by atoms with Gasteiger partial charge in [-0.05, 0) is 88.7 Å². The predicted molar refractivity (Wildman–Crippen MR) is 177 cm³/mol. The molecule has 7 nitrogen and oxygen atoms in total. The lowest BCUT2D eigenvalue weighted by atomic mass is 9.93. The summed E-state index contributed by atoms with van der Waals surface area (Å²) >= 11 is 0. The van der Waals surface area contributed by atoms with Gasteiger partial charge < -0.3 is 28.8 Å². The highest BCUT2D eigenvalue weighted by Gasteiger charge is 2.44. The fraction of sp³-hybridized carbons (Fsp3) is 0.583. The van der Waals surface area contributed by atoms with E-state index in [4.69, 9.17) is 23.7 Å². The number of aliphatic hydroxyl groups is 1. The minimum Gasteiger partial charge on any atom is -0.497 e. The van der Waals surface area contributed by atoms with Gasteiger partial charge in [0.2, 0.25) is 0 Å². The van der Waals surface area contributed by atoms with Crippen LogP contribution >= 0.6 is 0 Å². The van der Waals surface area contributed by atoms with Crippen molar-refractivity contribution in [3.05, 3.63) is 64.2 Å². The van der Waals surface area contributed by atoms with Crippen molar-refractivity contribution in [1.82, 2.24) is 0 Å². The number of methoxy groups -OCH3 is 1. The Morgan fingerprint density at radius 2 is 1.82 bits per heavy atom. The highest BCUT2D eigenvalue weighted by molar-refractivity contribution is 6.76. The molecule has 1 N–H and O–H groups in total. The van der Waals surface area contributed by atoms with Crippen LogP contribution in [-0.2, 0) is 32.0 Å². The lowest BCUT2D eigenvalue weighted by Crippen LogP contribution is -2.34. The second kappa shape index (κ2) is 16.1. The van der Waals surface area contributed by atoms with Crippen molar-refractivity contribution in [1.29, 1.82) is 0 Å². The fourth-order valence-corrected chi connectivity index (χ4v) is 6.04. The molecule has 4 atom stereocenters. The van der Waals surface area contributed by atoms with Gasteiger partial charge in [-0.3, -0.25) is 0 Å². The molecule has 2 aromatic rings. The van der Waals surface area contributed by atoms with Crippen molar-refractivity contribution >= 4 is 14.0 Å². The summed E-state index contributed by atoms with van der Waals surface area (Å²) in [7, 11) is 0.342. The Kier molecular flexibility index (Phi) is 13.1. The number of hydrogen-bond acceptors (Lipinski definition) is 7. The van der Waals surface area contributed by atoms with Crippen LogP contribution in [0, 0.1) is 25.7 Å². The Hall–Kier alpha value is -2.67. The van der Waals surface area contributed by atoms with Crippen molar-refractivity contribution in [2.45, 2.75) is 123 Å². The third-order valence-corrected chi connectivity index (χ3v) is 9.36. The summed E-state index contributed by atoms with van der Waals surface area (Å²) in [6.07, 6.45) is 0.611. The number of rotatable bonds is 14. The van der Waals surface area contributed by atoms with Crippen LogP contribution in [0.15, 0.2) is 36.4 Å². The van der Waals surface area contributed by atoms with Crippen LogP contribution in [-0.4, -0.2) is 63.1 Å². The molecule has 0 aromatic heterocycles. The zero-order valence-electron chi connectivity index (χ0n) is 28.1. The van der Waals surface area contributed by atoms with Crippen LogP contribution in [0.5, 0.6) is 5.75 Å². The van der Waals surface area contributed by atoms with E-state index in [1.165, 1.54) is 0 Å². The van der Waals surface area contributed by atoms with Crippen LogP contribution < -0.4 is 4.74 Å². The number of esters is 1. The van der Waals surface area contributed by atoms with Crippen LogP contribution in [0.3, 0.4) is 0 Å². The fourth-order valence-electron chi connectivity index (χ4n) is 5.32. The molecule has 8 heteroatoms. The summed E-state index contributed by atoms with van der Waals surface area (Å²) in [6.45, 7) is 17.4. The van der Waals surface area contributed by atoms with Crippen molar-refractivity contribution in [2.75, 3.05) is 13.7 Å². The minimum atomic E-state index is -1.30. The van der Waals surface area contributed by atoms with Gasteiger partial charge in [0.15, 0.2) is 5.79 Å². The first-order chi connectivity index (χ1) is 20.7. The number of ether oxygens (including phenoxy) is 5. The smallest absolute Gasteiger partial charge is 0.338 e. The van der Waals surface area contributed by atoms with Crippen LogP contribution in [0.25, 0.3) is 0 Å². The molecular weight excluding hydrogens is 572 g/mol. The van der Waals surface area contributed by atoms with Crippen LogP contribution in [0.2, 0.25) is 25.7 Å². The molecule has 1 aliphatic heterocycles. The molecule has 1 heterocycles. The predicted octanol–water partition coefficient (Wildman–Crippen LogP) is 7.01. The number of hydrogen-bond donors (Lipinski definition) is 1. The normalized spacial score (nSPS) is 19.1. The lowest BCUT2D eigenvalue weighted by molar-refractivity contribution is -0.152. The summed E-state index contributed by atoms with van der Waals surface area (Å²) in [5.41, 5.74) is 4.76. The lowest BCUT2D eigenvalue weighted by Gasteiger charge is -2.20. The van der Waals surface area contributed by atoms with Gasteiger partial charge in [0.05, 0.1) is 38.1 Å². The summed E-state index contributed by atoms with van der Waals surface area (Å²) in [5, 5.41) is 11.0. The number of benzene rings is 2. The molecule has 3 rings (SSSR count). The van der Waals surface area contributed by atoms with Gasteiger partial charge >= 0.3 is 5.97 Å². The quantitative estimate of drug-likeness (QED) is 0.138. The highest BCUT2D eigenvalue weighted by Crippen LogP contribution is 2.33. The first-order valence-electron chi connectivity index (χ1n) is 15.7. The topological polar surface area (TPSA) is 83.5 Å². The van der Waals surface area contributed by atoms with E-state index in [-0.39, 0.29) is 18.2 Å².